The van der Waals surface area contributed by atoms with Gasteiger partial charge in [0.25, 0.3) is 0 Å². The fourth-order valence-electron chi connectivity index (χ4n) is 2.43. The van der Waals surface area contributed by atoms with Crippen molar-refractivity contribution in [2.24, 2.45) is 5.92 Å². The fourth-order valence-corrected chi connectivity index (χ4v) is 2.43. The normalized spacial score (nSPS) is 13.6. The standard InChI is InChI=1S/C19H22N2O3/c1-4-13(2)17(19(23)24-3)21-16(22)11-10-15-8-5-7-14-9-6-12-20-18(14)15/h5-13,17H,4H2,1-3H3,(H,21,22)/b11-10-/t13-,17-/m0/s1. The number of nitrogens with one attached hydrogen (secondary N) is 1. The van der Waals surface area contributed by atoms with E-state index in [0.29, 0.717) is 0 Å². The zero-order valence-electron chi connectivity index (χ0n) is 14.2. The highest BCUT2D eigenvalue weighted by Gasteiger charge is 2.25. The number of aromatic nitrogens is 1. The molecule has 2 atom stereocenters. The molecule has 0 spiro atoms. The van der Waals surface area contributed by atoms with Crippen LogP contribution in [0.4, 0.5) is 0 Å². The van der Waals surface area contributed by atoms with Gasteiger partial charge in [-0.2, -0.15) is 0 Å². The van der Waals surface area contributed by atoms with Gasteiger partial charge in [0.1, 0.15) is 6.04 Å². The zero-order valence-corrected chi connectivity index (χ0v) is 14.2. The quantitative estimate of drug-likeness (QED) is 0.654. The Morgan fingerprint density at radius 2 is 2.04 bits per heavy atom. The lowest BCUT2D eigenvalue weighted by atomic mass is 9.99. The van der Waals surface area contributed by atoms with E-state index in [-0.39, 0.29) is 11.8 Å². The Hall–Kier alpha value is -2.69. The van der Waals surface area contributed by atoms with Crippen LogP contribution in [0.5, 0.6) is 0 Å². The third kappa shape index (κ3) is 4.19. The van der Waals surface area contributed by atoms with E-state index < -0.39 is 12.0 Å². The van der Waals surface area contributed by atoms with Crippen LogP contribution in [0.2, 0.25) is 0 Å². The molecule has 1 aromatic heterocycles. The molecule has 5 nitrogen and oxygen atoms in total. The summed E-state index contributed by atoms with van der Waals surface area (Å²) in [5.74, 6) is -0.773. The van der Waals surface area contributed by atoms with Gasteiger partial charge in [0, 0.05) is 23.2 Å². The number of nitrogens with zero attached hydrogens (tertiary/aromatic N) is 1. The minimum Gasteiger partial charge on any atom is -0.467 e. The number of benzene rings is 1. The highest BCUT2D eigenvalue weighted by molar-refractivity contribution is 5.97. The third-order valence-corrected chi connectivity index (χ3v) is 4.04. The van der Waals surface area contributed by atoms with Crippen molar-refractivity contribution in [3.63, 3.8) is 0 Å². The van der Waals surface area contributed by atoms with E-state index in [2.05, 4.69) is 10.3 Å². The fraction of sp³-hybridized carbons (Fsp3) is 0.316. The van der Waals surface area contributed by atoms with Crippen LogP contribution in [0.1, 0.15) is 25.8 Å². The van der Waals surface area contributed by atoms with Crippen LogP contribution < -0.4 is 5.32 Å². The first kappa shape index (κ1) is 17.7. The molecule has 0 bridgehead atoms. The maximum absolute atomic E-state index is 12.2. The van der Waals surface area contributed by atoms with E-state index in [9.17, 15) is 9.59 Å². The molecule has 0 aliphatic rings. The molecule has 0 saturated heterocycles. The predicted molar refractivity (Wildman–Crippen MR) is 94.2 cm³/mol. The van der Waals surface area contributed by atoms with Crippen LogP contribution in [0.25, 0.3) is 17.0 Å². The van der Waals surface area contributed by atoms with Gasteiger partial charge in [-0.3, -0.25) is 9.78 Å². The van der Waals surface area contributed by atoms with Crippen molar-refractivity contribution in [3.05, 3.63) is 48.2 Å². The van der Waals surface area contributed by atoms with Gasteiger partial charge in [0.15, 0.2) is 0 Å². The van der Waals surface area contributed by atoms with Crippen LogP contribution in [0, 0.1) is 5.92 Å². The van der Waals surface area contributed by atoms with Crippen molar-refractivity contribution < 1.29 is 14.3 Å². The Kier molecular flexibility index (Phi) is 6.07. The molecule has 0 aliphatic carbocycles. The first-order valence-corrected chi connectivity index (χ1v) is 7.97. The van der Waals surface area contributed by atoms with Crippen LogP contribution in [0.15, 0.2) is 42.6 Å². The van der Waals surface area contributed by atoms with Crippen LogP contribution in [-0.4, -0.2) is 30.0 Å². The number of carbonyl (C=O) groups is 2. The SMILES string of the molecule is CC[C@H](C)[C@H](NC(=O)/C=C\c1cccc2cccnc12)C(=O)OC. The summed E-state index contributed by atoms with van der Waals surface area (Å²) in [6.45, 7) is 3.87. The Bertz CT molecular complexity index is 750. The van der Waals surface area contributed by atoms with E-state index in [1.807, 2.05) is 44.2 Å². The average Bonchev–Trinajstić information content (AvgIpc) is 2.63. The van der Waals surface area contributed by atoms with Crippen molar-refractivity contribution in [3.8, 4) is 0 Å². The topological polar surface area (TPSA) is 68.3 Å². The molecule has 2 rings (SSSR count). The Labute approximate surface area is 141 Å². The van der Waals surface area contributed by atoms with E-state index in [1.165, 1.54) is 13.2 Å². The van der Waals surface area contributed by atoms with Gasteiger partial charge in [-0.05, 0) is 18.1 Å². The minimum atomic E-state index is -0.650. The van der Waals surface area contributed by atoms with Gasteiger partial charge >= 0.3 is 5.97 Å². The Balaban J connectivity index is 2.15. The second-order valence-electron chi connectivity index (χ2n) is 5.65. The number of rotatable bonds is 6. The number of methoxy groups -OCH3 is 1. The second kappa shape index (κ2) is 8.24. The van der Waals surface area contributed by atoms with Crippen LogP contribution >= 0.6 is 0 Å². The molecular weight excluding hydrogens is 304 g/mol. The molecule has 24 heavy (non-hydrogen) atoms. The molecule has 0 saturated carbocycles. The number of esters is 1. The predicted octanol–water partition coefficient (Wildman–Crippen LogP) is 2.95. The molecule has 1 amide bonds. The van der Waals surface area contributed by atoms with Crippen molar-refractivity contribution in [1.29, 1.82) is 0 Å². The summed E-state index contributed by atoms with van der Waals surface area (Å²) < 4.78 is 4.77. The molecular formula is C19H22N2O3. The van der Waals surface area contributed by atoms with E-state index >= 15 is 0 Å². The maximum atomic E-state index is 12.2. The molecule has 5 heteroatoms. The molecule has 1 N–H and O–H groups in total. The highest BCUT2D eigenvalue weighted by atomic mass is 16.5. The number of para-hydroxylation sites is 1. The number of amides is 1. The number of pyridine rings is 1. The monoisotopic (exact) mass is 326 g/mol. The summed E-state index contributed by atoms with van der Waals surface area (Å²) in [6.07, 6.45) is 5.60. The van der Waals surface area contributed by atoms with Gasteiger partial charge in [0.2, 0.25) is 5.91 Å². The number of ether oxygens (including phenoxy) is 1. The van der Waals surface area contributed by atoms with E-state index in [1.54, 1.807) is 12.3 Å². The number of hydrogen-bond acceptors (Lipinski definition) is 4. The number of hydrogen-bond donors (Lipinski definition) is 1. The molecule has 0 unspecified atom stereocenters. The van der Waals surface area contributed by atoms with Crippen molar-refractivity contribution in [2.75, 3.05) is 7.11 Å². The summed E-state index contributed by atoms with van der Waals surface area (Å²) in [6, 6.07) is 8.97. The summed E-state index contributed by atoms with van der Waals surface area (Å²) in [4.78, 5) is 28.3. The number of carbonyl (C=O) groups excluding carboxylic acids is 2. The number of fused-ring (bicyclic) bond motifs is 1. The van der Waals surface area contributed by atoms with Crippen molar-refractivity contribution in [2.45, 2.75) is 26.3 Å². The molecule has 126 valence electrons. The van der Waals surface area contributed by atoms with Crippen LogP contribution in [0.3, 0.4) is 0 Å². The first-order chi connectivity index (χ1) is 11.6. The summed E-state index contributed by atoms with van der Waals surface area (Å²) in [7, 11) is 1.32. The lowest BCUT2D eigenvalue weighted by Gasteiger charge is -2.21. The molecule has 0 aliphatic heterocycles. The lowest BCUT2D eigenvalue weighted by Crippen LogP contribution is -2.45. The molecule has 0 radical (unpaired) electrons. The molecule has 2 aromatic rings. The average molecular weight is 326 g/mol. The summed E-state index contributed by atoms with van der Waals surface area (Å²) in [5.41, 5.74) is 1.68. The van der Waals surface area contributed by atoms with Gasteiger partial charge in [-0.1, -0.05) is 44.5 Å². The molecule has 0 fully saturated rings. The maximum Gasteiger partial charge on any atom is 0.328 e. The smallest absolute Gasteiger partial charge is 0.328 e. The summed E-state index contributed by atoms with van der Waals surface area (Å²) in [5, 5.41) is 3.72. The Morgan fingerprint density at radius 3 is 2.75 bits per heavy atom. The van der Waals surface area contributed by atoms with Gasteiger partial charge in [0.05, 0.1) is 12.6 Å². The Morgan fingerprint density at radius 1 is 1.29 bits per heavy atom. The van der Waals surface area contributed by atoms with Gasteiger partial charge < -0.3 is 10.1 Å². The minimum absolute atomic E-state index is 0.00554. The van der Waals surface area contributed by atoms with Crippen molar-refractivity contribution in [1.82, 2.24) is 10.3 Å². The van der Waals surface area contributed by atoms with Crippen LogP contribution in [-0.2, 0) is 14.3 Å². The highest BCUT2D eigenvalue weighted by Crippen LogP contribution is 2.17. The van der Waals surface area contributed by atoms with E-state index in [4.69, 9.17) is 4.74 Å². The second-order valence-corrected chi connectivity index (χ2v) is 5.65. The largest absolute Gasteiger partial charge is 0.467 e. The molecule has 1 aromatic carbocycles. The lowest BCUT2D eigenvalue weighted by molar-refractivity contribution is -0.146. The molecule has 1 heterocycles. The first-order valence-electron chi connectivity index (χ1n) is 7.97. The zero-order chi connectivity index (χ0) is 17.5. The van der Waals surface area contributed by atoms with Gasteiger partial charge in [-0.25, -0.2) is 4.79 Å². The van der Waals surface area contributed by atoms with Gasteiger partial charge in [-0.15, -0.1) is 0 Å². The van der Waals surface area contributed by atoms with E-state index in [0.717, 1.165) is 22.9 Å². The van der Waals surface area contributed by atoms with Crippen molar-refractivity contribution >= 4 is 28.9 Å². The summed E-state index contributed by atoms with van der Waals surface area (Å²) >= 11 is 0. The third-order valence-electron chi connectivity index (χ3n) is 4.04.